The first kappa shape index (κ1) is 20.1. The number of carbonyl (C=O) groups is 1. The summed E-state index contributed by atoms with van der Waals surface area (Å²) < 4.78 is 11.4. The number of benzene rings is 1. The van der Waals surface area contributed by atoms with Crippen LogP contribution in [0.4, 0.5) is 0 Å². The highest BCUT2D eigenvalue weighted by Crippen LogP contribution is 2.59. The largest absolute Gasteiger partial charge is 0.496 e. The van der Waals surface area contributed by atoms with E-state index in [1.54, 1.807) is 32.4 Å². The number of hydrazone groups is 1. The van der Waals surface area contributed by atoms with Crippen molar-refractivity contribution < 1.29 is 14.3 Å². The predicted molar refractivity (Wildman–Crippen MR) is 104 cm³/mol. The third-order valence-corrected chi connectivity index (χ3v) is 5.48. The highest BCUT2D eigenvalue weighted by molar-refractivity contribution is 9.10. The third-order valence-electron chi connectivity index (χ3n) is 4.41. The Balaban J connectivity index is 2.12. The Kier molecular flexibility index (Phi) is 6.40. The summed E-state index contributed by atoms with van der Waals surface area (Å²) in [6.45, 7) is 3.97. The van der Waals surface area contributed by atoms with Crippen molar-refractivity contribution in [3.8, 4) is 11.5 Å². The number of hydrogen-bond acceptors (Lipinski definition) is 4. The number of carbonyl (C=O) groups excluding carboxylic acids is 1. The quantitative estimate of drug-likeness (QED) is 0.513. The van der Waals surface area contributed by atoms with E-state index in [9.17, 15) is 4.79 Å². The fourth-order valence-electron chi connectivity index (χ4n) is 2.87. The van der Waals surface area contributed by atoms with Gasteiger partial charge in [0.1, 0.15) is 16.0 Å². The molecule has 2 atom stereocenters. The average Bonchev–Trinajstić information content (AvgIpc) is 3.08. The van der Waals surface area contributed by atoms with Crippen LogP contribution in [0.25, 0.3) is 0 Å². The van der Waals surface area contributed by atoms with Crippen LogP contribution < -0.4 is 14.9 Å². The van der Waals surface area contributed by atoms with Crippen LogP contribution in [-0.4, -0.2) is 26.3 Å². The molecule has 0 unspecified atom stereocenters. The number of ether oxygens (including phenoxy) is 2. The van der Waals surface area contributed by atoms with Crippen molar-refractivity contribution in [3.63, 3.8) is 0 Å². The summed E-state index contributed by atoms with van der Waals surface area (Å²) >= 11 is 14.9. The van der Waals surface area contributed by atoms with Gasteiger partial charge >= 0.3 is 0 Å². The Morgan fingerprint density at radius 1 is 1.28 bits per heavy atom. The minimum atomic E-state index is -0.229. The number of nitrogens with zero attached hydrogens (tertiary/aromatic N) is 1. The topological polar surface area (TPSA) is 59.9 Å². The number of halogens is 3. The van der Waals surface area contributed by atoms with Gasteiger partial charge in [-0.15, -0.1) is 0 Å². The molecule has 136 valence electrons. The van der Waals surface area contributed by atoms with Crippen LogP contribution in [0.1, 0.15) is 19.4 Å². The molecule has 8 heteroatoms. The molecule has 1 N–H and O–H groups in total. The molecule has 0 bridgehead atoms. The van der Waals surface area contributed by atoms with Gasteiger partial charge in [-0.05, 0) is 45.5 Å². The molecule has 0 saturated heterocycles. The van der Waals surface area contributed by atoms with Gasteiger partial charge in [0.05, 0.1) is 36.4 Å². The number of allylic oxidation sites excluding steroid dienone is 1. The zero-order valence-corrected chi connectivity index (χ0v) is 17.4. The molecular formula is C17H19BrCl2N2O3. The molecule has 1 saturated carbocycles. The lowest BCUT2D eigenvalue weighted by molar-refractivity contribution is -0.123. The van der Waals surface area contributed by atoms with Crippen LogP contribution in [0.2, 0.25) is 0 Å². The summed E-state index contributed by atoms with van der Waals surface area (Å²) in [4.78, 5) is 12.4. The summed E-state index contributed by atoms with van der Waals surface area (Å²) in [6, 6.07) is 3.54. The molecule has 1 aromatic carbocycles. The second kappa shape index (κ2) is 7.98. The predicted octanol–water partition coefficient (Wildman–Crippen LogP) is 4.51. The van der Waals surface area contributed by atoms with E-state index < -0.39 is 0 Å². The highest BCUT2D eigenvalue weighted by atomic mass is 79.9. The van der Waals surface area contributed by atoms with Crippen molar-refractivity contribution in [1.82, 2.24) is 5.43 Å². The van der Waals surface area contributed by atoms with Crippen LogP contribution in [0.5, 0.6) is 11.5 Å². The lowest BCUT2D eigenvalue weighted by Gasteiger charge is -2.10. The first-order valence-electron chi connectivity index (χ1n) is 7.50. The Hall–Kier alpha value is -1.24. The molecule has 1 amide bonds. The van der Waals surface area contributed by atoms with Crippen LogP contribution in [-0.2, 0) is 4.79 Å². The van der Waals surface area contributed by atoms with Gasteiger partial charge in [-0.2, -0.15) is 5.10 Å². The van der Waals surface area contributed by atoms with Crippen LogP contribution >= 0.6 is 39.1 Å². The van der Waals surface area contributed by atoms with Crippen molar-refractivity contribution in [1.29, 1.82) is 0 Å². The first-order chi connectivity index (χ1) is 11.7. The molecule has 1 aliphatic carbocycles. The van der Waals surface area contributed by atoms with Crippen molar-refractivity contribution in [2.75, 3.05) is 14.2 Å². The number of hydrogen-bond donors (Lipinski definition) is 1. The summed E-state index contributed by atoms with van der Waals surface area (Å²) in [5, 5.41) is 4.05. The third kappa shape index (κ3) is 4.30. The van der Waals surface area contributed by atoms with Crippen LogP contribution in [0, 0.1) is 17.3 Å². The number of nitrogens with one attached hydrogen (secondary N) is 1. The molecule has 25 heavy (non-hydrogen) atoms. The second-order valence-electron chi connectivity index (χ2n) is 6.21. The fraction of sp³-hybridized carbons (Fsp3) is 0.412. The standard InChI is InChI=1S/C17H19BrCl2N2O3/c1-17(2)10(7-13(19)20)14(17)16(23)22-21-8-9-11(24-3)5-6-12(25-4)15(9)18/h5-8,10,14H,1-4H3,(H,22,23)/b21-8-/t10-,14+/m0/s1. The summed E-state index contributed by atoms with van der Waals surface area (Å²) in [7, 11) is 3.13. The molecule has 0 spiro atoms. The fourth-order valence-corrected chi connectivity index (χ4v) is 3.73. The molecule has 0 radical (unpaired) electrons. The van der Waals surface area contributed by atoms with Crippen molar-refractivity contribution >= 4 is 51.3 Å². The molecular weight excluding hydrogens is 431 g/mol. The van der Waals surface area contributed by atoms with Crippen LogP contribution in [0.15, 0.2) is 32.3 Å². The van der Waals surface area contributed by atoms with Gasteiger partial charge in [-0.25, -0.2) is 5.43 Å². The normalized spacial score (nSPS) is 20.9. The maximum atomic E-state index is 12.4. The van der Waals surface area contributed by atoms with Gasteiger partial charge in [0.15, 0.2) is 0 Å². The van der Waals surface area contributed by atoms with E-state index in [4.69, 9.17) is 32.7 Å². The van der Waals surface area contributed by atoms with Crippen LogP contribution in [0.3, 0.4) is 0 Å². The number of rotatable bonds is 6. The van der Waals surface area contributed by atoms with E-state index in [0.29, 0.717) is 21.5 Å². The SMILES string of the molecule is COc1ccc(OC)c(/C=N\NC(=O)[C@H]2[C@H](C=C(Cl)Cl)C2(C)C)c1Br. The highest BCUT2D eigenvalue weighted by Gasteiger charge is 2.60. The Morgan fingerprint density at radius 2 is 1.88 bits per heavy atom. The van der Waals surface area contributed by atoms with Gasteiger partial charge in [0, 0.05) is 0 Å². The Bertz CT molecular complexity index is 731. The summed E-state index contributed by atoms with van der Waals surface area (Å²) in [5.41, 5.74) is 3.02. The first-order valence-corrected chi connectivity index (χ1v) is 9.05. The maximum absolute atomic E-state index is 12.4. The van der Waals surface area contributed by atoms with E-state index in [-0.39, 0.29) is 27.6 Å². The van der Waals surface area contributed by atoms with E-state index in [1.807, 2.05) is 13.8 Å². The van der Waals surface area contributed by atoms with Gasteiger partial charge < -0.3 is 9.47 Å². The van der Waals surface area contributed by atoms with Gasteiger partial charge in [-0.3, -0.25) is 4.79 Å². The molecule has 5 nitrogen and oxygen atoms in total. The summed E-state index contributed by atoms with van der Waals surface area (Å²) in [5.74, 6) is 0.819. The van der Waals surface area contributed by atoms with Crippen molar-refractivity contribution in [2.45, 2.75) is 13.8 Å². The van der Waals surface area contributed by atoms with Crippen molar-refractivity contribution in [2.24, 2.45) is 22.4 Å². The minimum Gasteiger partial charge on any atom is -0.496 e. The zero-order chi connectivity index (χ0) is 18.8. The lowest BCUT2D eigenvalue weighted by Crippen LogP contribution is -2.22. The molecule has 0 aromatic heterocycles. The second-order valence-corrected chi connectivity index (χ2v) is 8.01. The van der Waals surface area contributed by atoms with E-state index in [2.05, 4.69) is 26.5 Å². The smallest absolute Gasteiger partial charge is 0.244 e. The molecule has 2 rings (SSSR count). The molecule has 0 heterocycles. The molecule has 0 aliphatic heterocycles. The molecule has 1 aromatic rings. The van der Waals surface area contributed by atoms with Gasteiger partial charge in [0.2, 0.25) is 5.91 Å². The maximum Gasteiger partial charge on any atom is 0.244 e. The zero-order valence-electron chi connectivity index (χ0n) is 14.3. The molecule has 1 fully saturated rings. The van der Waals surface area contributed by atoms with E-state index in [1.165, 1.54) is 6.21 Å². The van der Waals surface area contributed by atoms with E-state index >= 15 is 0 Å². The lowest BCUT2D eigenvalue weighted by atomic mass is 10.1. The summed E-state index contributed by atoms with van der Waals surface area (Å²) in [6.07, 6.45) is 3.21. The minimum absolute atomic E-state index is 0.00853. The number of methoxy groups -OCH3 is 2. The van der Waals surface area contributed by atoms with E-state index in [0.717, 1.165) is 0 Å². The number of amides is 1. The Morgan fingerprint density at radius 3 is 2.44 bits per heavy atom. The van der Waals surface area contributed by atoms with Crippen molar-refractivity contribution in [3.05, 3.63) is 32.7 Å². The van der Waals surface area contributed by atoms with Gasteiger partial charge in [0.25, 0.3) is 0 Å². The molecule has 1 aliphatic rings. The average molecular weight is 450 g/mol. The monoisotopic (exact) mass is 448 g/mol. The Labute approximate surface area is 165 Å². The van der Waals surface area contributed by atoms with Gasteiger partial charge in [-0.1, -0.05) is 37.0 Å².